The average molecular weight is 399 g/mol. The predicted octanol–water partition coefficient (Wildman–Crippen LogP) is 2.25. The number of aliphatic hydroxyl groups is 1. The summed E-state index contributed by atoms with van der Waals surface area (Å²) < 4.78 is 30.3. The van der Waals surface area contributed by atoms with Crippen LogP contribution in [0.3, 0.4) is 0 Å². The van der Waals surface area contributed by atoms with Crippen LogP contribution in [-0.4, -0.2) is 49.7 Å². The van der Waals surface area contributed by atoms with E-state index in [-0.39, 0.29) is 25.4 Å². The number of rotatable bonds is 5. The van der Waals surface area contributed by atoms with E-state index in [0.717, 1.165) is 0 Å². The molecule has 9 heteroatoms. The molecule has 3 aromatic heterocycles. The number of carbonyl (C=O) groups excluding carboxylic acids is 1. The summed E-state index contributed by atoms with van der Waals surface area (Å²) in [7, 11) is 0. The molecule has 0 spiro atoms. The van der Waals surface area contributed by atoms with Gasteiger partial charge in [0.25, 0.3) is 5.92 Å². The van der Waals surface area contributed by atoms with Crippen LogP contribution in [-0.2, 0) is 6.61 Å². The number of alkyl halides is 2. The van der Waals surface area contributed by atoms with Crippen LogP contribution in [0.2, 0.25) is 0 Å². The highest BCUT2D eigenvalue weighted by Crippen LogP contribution is 2.35. The van der Waals surface area contributed by atoms with E-state index in [9.17, 15) is 18.7 Å². The highest BCUT2D eigenvalue weighted by Gasteiger charge is 2.47. The second kappa shape index (κ2) is 7.76. The number of nitrogens with one attached hydrogen (secondary N) is 1. The van der Waals surface area contributed by atoms with E-state index >= 15 is 0 Å². The average Bonchev–Trinajstić information content (AvgIpc) is 3.19. The van der Waals surface area contributed by atoms with Crippen molar-refractivity contribution in [3.8, 4) is 16.9 Å². The van der Waals surface area contributed by atoms with Crippen LogP contribution in [0.25, 0.3) is 16.9 Å². The van der Waals surface area contributed by atoms with Crippen LogP contribution in [0.1, 0.15) is 22.5 Å². The van der Waals surface area contributed by atoms with Crippen LogP contribution in [0.5, 0.6) is 0 Å². The Kier molecular flexibility index (Phi) is 5.16. The number of halogens is 2. The molecular weight excluding hydrogens is 380 g/mol. The third kappa shape index (κ3) is 3.79. The first-order valence-electron chi connectivity index (χ1n) is 9.18. The van der Waals surface area contributed by atoms with Gasteiger partial charge in [-0.15, -0.1) is 0 Å². The summed E-state index contributed by atoms with van der Waals surface area (Å²) in [4.78, 5) is 21.4. The molecular formula is C20H19F2N5O2. The number of pyridine rings is 2. The van der Waals surface area contributed by atoms with Crippen molar-refractivity contribution >= 4 is 5.78 Å². The van der Waals surface area contributed by atoms with Crippen molar-refractivity contribution in [3.63, 3.8) is 0 Å². The minimum atomic E-state index is -3.11. The van der Waals surface area contributed by atoms with Crippen molar-refractivity contribution in [3.05, 3.63) is 60.3 Å². The van der Waals surface area contributed by atoms with Gasteiger partial charge in [0.15, 0.2) is 5.78 Å². The third-order valence-corrected chi connectivity index (χ3v) is 4.95. The molecule has 2 N–H and O–H groups in total. The van der Waals surface area contributed by atoms with E-state index in [1.54, 1.807) is 42.9 Å². The summed E-state index contributed by atoms with van der Waals surface area (Å²) in [5.41, 5.74) is 1.89. The fraction of sp³-hybridized carbons (Fsp3) is 0.300. The molecule has 0 radical (unpaired) electrons. The number of carbonyl (C=O) groups is 1. The Balaban J connectivity index is 1.80. The number of aliphatic hydroxyl groups excluding tert-OH is 1. The molecule has 29 heavy (non-hydrogen) atoms. The summed E-state index contributed by atoms with van der Waals surface area (Å²) in [5, 5.41) is 16.4. The van der Waals surface area contributed by atoms with E-state index in [4.69, 9.17) is 0 Å². The lowest BCUT2D eigenvalue weighted by Gasteiger charge is -2.30. The van der Waals surface area contributed by atoms with Crippen LogP contribution < -0.4 is 5.32 Å². The van der Waals surface area contributed by atoms with Crippen LogP contribution in [0.4, 0.5) is 8.78 Å². The Hall–Kier alpha value is -3.04. The number of aromatic nitrogens is 4. The lowest BCUT2D eigenvalue weighted by molar-refractivity contribution is -0.0643. The fourth-order valence-corrected chi connectivity index (χ4v) is 3.32. The van der Waals surface area contributed by atoms with Gasteiger partial charge in [-0.3, -0.25) is 14.8 Å². The Bertz CT molecular complexity index is 1010. The second-order valence-electron chi connectivity index (χ2n) is 6.89. The van der Waals surface area contributed by atoms with Crippen molar-refractivity contribution in [2.24, 2.45) is 5.92 Å². The van der Waals surface area contributed by atoms with Crippen molar-refractivity contribution in [1.29, 1.82) is 0 Å². The number of nitrogens with zero attached hydrogens (tertiary/aromatic N) is 4. The Morgan fingerprint density at radius 3 is 2.83 bits per heavy atom. The monoisotopic (exact) mass is 399 g/mol. The van der Waals surface area contributed by atoms with Gasteiger partial charge in [0, 0.05) is 43.7 Å². The first-order chi connectivity index (χ1) is 14.0. The molecule has 0 aromatic carbocycles. The Morgan fingerprint density at radius 2 is 2.17 bits per heavy atom. The minimum absolute atomic E-state index is 0.0634. The van der Waals surface area contributed by atoms with Gasteiger partial charge in [-0.05, 0) is 23.8 Å². The lowest BCUT2D eigenvalue weighted by atomic mass is 9.88. The highest BCUT2D eigenvalue weighted by molar-refractivity contribution is 6.02. The maximum atomic E-state index is 14.4. The van der Waals surface area contributed by atoms with Gasteiger partial charge in [-0.25, -0.2) is 13.5 Å². The molecule has 4 rings (SSSR count). The van der Waals surface area contributed by atoms with E-state index in [2.05, 4.69) is 20.4 Å². The summed E-state index contributed by atoms with van der Waals surface area (Å²) in [6, 6.07) is 6.75. The molecule has 1 atom stereocenters. The van der Waals surface area contributed by atoms with E-state index in [1.807, 2.05) is 0 Å². The molecule has 1 fully saturated rings. The Morgan fingerprint density at radius 1 is 1.31 bits per heavy atom. The predicted molar refractivity (Wildman–Crippen MR) is 101 cm³/mol. The Labute approximate surface area is 165 Å². The van der Waals surface area contributed by atoms with Crippen LogP contribution in [0, 0.1) is 5.92 Å². The van der Waals surface area contributed by atoms with Gasteiger partial charge in [-0.1, -0.05) is 6.07 Å². The first-order valence-corrected chi connectivity index (χ1v) is 9.18. The second-order valence-corrected chi connectivity index (χ2v) is 6.89. The maximum absolute atomic E-state index is 14.4. The number of Topliss-reactive ketones (excluding diaryl/α,β-unsaturated/α-hetero) is 1. The van der Waals surface area contributed by atoms with Crippen LogP contribution in [0.15, 0.2) is 49.1 Å². The van der Waals surface area contributed by atoms with Crippen LogP contribution >= 0.6 is 0 Å². The van der Waals surface area contributed by atoms with E-state index in [1.165, 1.54) is 10.9 Å². The summed E-state index contributed by atoms with van der Waals surface area (Å²) in [5.74, 6) is -5.33. The van der Waals surface area contributed by atoms with E-state index in [0.29, 0.717) is 22.5 Å². The van der Waals surface area contributed by atoms with Gasteiger partial charge in [0.1, 0.15) is 11.6 Å². The molecule has 0 amide bonds. The first kappa shape index (κ1) is 19.3. The largest absolute Gasteiger partial charge is 0.392 e. The topological polar surface area (TPSA) is 92.9 Å². The van der Waals surface area contributed by atoms with Gasteiger partial charge in [-0.2, -0.15) is 5.10 Å². The van der Waals surface area contributed by atoms with Gasteiger partial charge in [0.2, 0.25) is 0 Å². The summed E-state index contributed by atoms with van der Waals surface area (Å²) >= 11 is 0. The zero-order valence-corrected chi connectivity index (χ0v) is 15.4. The fourth-order valence-electron chi connectivity index (χ4n) is 3.32. The molecule has 1 unspecified atom stereocenters. The zero-order valence-electron chi connectivity index (χ0n) is 15.4. The maximum Gasteiger partial charge on any atom is 0.260 e. The molecule has 1 saturated heterocycles. The van der Waals surface area contributed by atoms with Gasteiger partial charge >= 0.3 is 0 Å². The minimum Gasteiger partial charge on any atom is -0.392 e. The van der Waals surface area contributed by atoms with Crippen molar-refractivity contribution in [2.75, 3.05) is 13.1 Å². The molecule has 4 heterocycles. The quantitative estimate of drug-likeness (QED) is 0.640. The number of piperidine rings is 1. The molecule has 0 saturated carbocycles. The van der Waals surface area contributed by atoms with Crippen molar-refractivity contribution < 1.29 is 18.7 Å². The molecule has 0 bridgehead atoms. The van der Waals surface area contributed by atoms with Crippen molar-refractivity contribution in [1.82, 2.24) is 25.1 Å². The van der Waals surface area contributed by atoms with Gasteiger partial charge < -0.3 is 10.4 Å². The summed E-state index contributed by atoms with van der Waals surface area (Å²) in [6.07, 6.45) is 5.82. The summed E-state index contributed by atoms with van der Waals surface area (Å²) in [6.45, 7) is -0.117. The standard InChI is InChI=1S/C20H19F2N5O2/c21-20(22)5-7-24-10-16(20)19(29)18-15(17-4-3-13(12-28)8-25-17)11-27(26-18)14-2-1-6-23-9-14/h1-4,6,8-9,11,16,24,28H,5,7,10,12H2. The number of hydrogen-bond acceptors (Lipinski definition) is 6. The molecule has 1 aliphatic rings. The lowest BCUT2D eigenvalue weighted by Crippen LogP contribution is -2.48. The zero-order chi connectivity index (χ0) is 20.4. The molecule has 0 aliphatic carbocycles. The molecule has 150 valence electrons. The smallest absolute Gasteiger partial charge is 0.260 e. The number of ketones is 1. The normalized spacial score (nSPS) is 18.5. The molecule has 7 nitrogen and oxygen atoms in total. The SMILES string of the molecule is O=C(c1nn(-c2cccnc2)cc1-c1ccc(CO)cn1)C1CNCCC1(F)F. The molecule has 3 aromatic rings. The highest BCUT2D eigenvalue weighted by atomic mass is 19.3. The van der Waals surface area contributed by atoms with E-state index < -0.39 is 24.0 Å². The van der Waals surface area contributed by atoms with Crippen molar-refractivity contribution in [2.45, 2.75) is 19.0 Å². The third-order valence-electron chi connectivity index (χ3n) is 4.95. The number of hydrogen-bond donors (Lipinski definition) is 2. The van der Waals surface area contributed by atoms with Gasteiger partial charge in [0.05, 0.1) is 24.2 Å². The molecule has 1 aliphatic heterocycles.